The molecule has 0 saturated heterocycles. The zero-order chi connectivity index (χ0) is 18.5. The Labute approximate surface area is 158 Å². The van der Waals surface area contributed by atoms with Crippen LogP contribution in [0.2, 0.25) is 0 Å². The Morgan fingerprint density at radius 2 is 2.04 bits per heavy atom. The second kappa shape index (κ2) is 6.48. The monoisotopic (exact) mass is 390 g/mol. The fourth-order valence-corrected chi connectivity index (χ4v) is 5.72. The lowest BCUT2D eigenvalue weighted by molar-refractivity contribution is 0.0678. The molecule has 1 atom stereocenters. The number of rotatable bonds is 4. The van der Waals surface area contributed by atoms with Crippen LogP contribution >= 0.6 is 11.3 Å². The van der Waals surface area contributed by atoms with Gasteiger partial charge in [0.05, 0.1) is 10.9 Å². The summed E-state index contributed by atoms with van der Waals surface area (Å²) in [5, 5.41) is 2.07. The third-order valence-corrected chi connectivity index (χ3v) is 7.70. The number of carbonyl (C=O) groups is 1. The third-order valence-electron chi connectivity index (χ3n) is 5.19. The molecule has 2 aliphatic rings. The van der Waals surface area contributed by atoms with Gasteiger partial charge in [0.2, 0.25) is 10.0 Å². The summed E-state index contributed by atoms with van der Waals surface area (Å²) in [5.74, 6) is -0.102. The van der Waals surface area contributed by atoms with Gasteiger partial charge in [0.25, 0.3) is 5.91 Å². The molecular weight excluding hydrogens is 368 g/mol. The van der Waals surface area contributed by atoms with Gasteiger partial charge in [-0.2, -0.15) is 0 Å². The van der Waals surface area contributed by atoms with Gasteiger partial charge in [0.1, 0.15) is 0 Å². The van der Waals surface area contributed by atoms with E-state index in [1.54, 1.807) is 23.5 Å². The van der Waals surface area contributed by atoms with E-state index in [9.17, 15) is 13.2 Å². The number of nitrogens with zero attached hydrogens (tertiary/aromatic N) is 1. The minimum Gasteiger partial charge on any atom is -0.331 e. The van der Waals surface area contributed by atoms with Crippen molar-refractivity contribution in [2.75, 3.05) is 6.54 Å². The molecule has 0 radical (unpaired) electrons. The van der Waals surface area contributed by atoms with E-state index in [4.69, 9.17) is 0 Å². The summed E-state index contributed by atoms with van der Waals surface area (Å²) in [4.78, 5) is 16.5. The Bertz CT molecular complexity index is 961. The van der Waals surface area contributed by atoms with Crippen molar-refractivity contribution in [1.29, 1.82) is 0 Å². The van der Waals surface area contributed by atoms with E-state index in [2.05, 4.69) is 16.2 Å². The van der Waals surface area contributed by atoms with Gasteiger partial charge in [-0.15, -0.1) is 11.3 Å². The smallest absolute Gasteiger partial charge is 0.254 e. The van der Waals surface area contributed by atoms with E-state index >= 15 is 0 Å². The maximum atomic E-state index is 13.2. The van der Waals surface area contributed by atoms with E-state index in [-0.39, 0.29) is 22.9 Å². The van der Waals surface area contributed by atoms with Gasteiger partial charge in [-0.1, -0.05) is 6.07 Å². The van der Waals surface area contributed by atoms with Gasteiger partial charge in [-0.25, -0.2) is 13.1 Å². The summed E-state index contributed by atoms with van der Waals surface area (Å²) in [6.45, 7) is 4.54. The SMILES string of the molecule is Cc1ccc(S(=O)(=O)NC2CC2)cc1C(=O)N1CCc2sccc2[C@H]1C. The highest BCUT2D eigenvalue weighted by molar-refractivity contribution is 7.89. The molecule has 0 unspecified atom stereocenters. The van der Waals surface area contributed by atoms with Crippen molar-refractivity contribution in [3.8, 4) is 0 Å². The van der Waals surface area contributed by atoms with Gasteiger partial charge in [-0.3, -0.25) is 4.79 Å². The summed E-state index contributed by atoms with van der Waals surface area (Å²) in [7, 11) is -3.57. The topological polar surface area (TPSA) is 66.5 Å². The summed E-state index contributed by atoms with van der Waals surface area (Å²) >= 11 is 1.73. The van der Waals surface area contributed by atoms with Crippen molar-refractivity contribution in [1.82, 2.24) is 9.62 Å². The fourth-order valence-electron chi connectivity index (χ4n) is 3.43. The normalized spacial score (nSPS) is 20.1. The molecule has 26 heavy (non-hydrogen) atoms. The molecule has 138 valence electrons. The average molecular weight is 391 g/mol. The molecule has 1 N–H and O–H groups in total. The van der Waals surface area contributed by atoms with E-state index in [1.807, 2.05) is 18.7 Å². The molecule has 1 saturated carbocycles. The van der Waals surface area contributed by atoms with E-state index in [1.165, 1.54) is 16.5 Å². The number of thiophene rings is 1. The Kier molecular flexibility index (Phi) is 4.41. The van der Waals surface area contributed by atoms with Gasteiger partial charge in [-0.05, 0) is 67.8 Å². The maximum Gasteiger partial charge on any atom is 0.254 e. The number of benzene rings is 1. The number of sulfonamides is 1. The minimum atomic E-state index is -3.57. The van der Waals surface area contributed by atoms with E-state index in [0.29, 0.717) is 12.1 Å². The van der Waals surface area contributed by atoms with Gasteiger partial charge < -0.3 is 4.90 Å². The Morgan fingerprint density at radius 1 is 1.27 bits per heavy atom. The number of amides is 1. The molecule has 0 spiro atoms. The van der Waals surface area contributed by atoms with Crippen molar-refractivity contribution in [2.45, 2.75) is 50.1 Å². The fraction of sp³-hybridized carbons (Fsp3) is 0.421. The first-order chi connectivity index (χ1) is 12.4. The molecule has 4 rings (SSSR count). The highest BCUT2D eigenvalue weighted by Crippen LogP contribution is 2.34. The predicted octanol–water partition coefficient (Wildman–Crippen LogP) is 3.26. The first kappa shape index (κ1) is 17.7. The molecule has 7 heteroatoms. The molecule has 1 aliphatic heterocycles. The molecule has 0 bridgehead atoms. The highest BCUT2D eigenvalue weighted by Gasteiger charge is 2.31. The van der Waals surface area contributed by atoms with Gasteiger partial charge in [0.15, 0.2) is 0 Å². The summed E-state index contributed by atoms with van der Waals surface area (Å²) in [5.41, 5.74) is 2.46. The first-order valence-corrected chi connectivity index (χ1v) is 11.2. The number of hydrogen-bond acceptors (Lipinski definition) is 4. The van der Waals surface area contributed by atoms with Crippen molar-refractivity contribution in [2.24, 2.45) is 0 Å². The van der Waals surface area contributed by atoms with E-state index < -0.39 is 10.0 Å². The molecule has 1 aromatic carbocycles. The van der Waals surface area contributed by atoms with Crippen LogP contribution in [0.1, 0.15) is 52.2 Å². The minimum absolute atomic E-state index is 0.00162. The van der Waals surface area contributed by atoms with Crippen LogP contribution in [-0.4, -0.2) is 31.8 Å². The molecule has 2 heterocycles. The van der Waals surface area contributed by atoms with Crippen LogP contribution in [0, 0.1) is 6.92 Å². The summed E-state index contributed by atoms with van der Waals surface area (Å²) in [6, 6.07) is 6.95. The van der Waals surface area contributed by atoms with Crippen LogP contribution in [0.5, 0.6) is 0 Å². The number of hydrogen-bond donors (Lipinski definition) is 1. The molecule has 2 aromatic rings. The second-order valence-electron chi connectivity index (χ2n) is 7.10. The zero-order valence-electron chi connectivity index (χ0n) is 14.9. The Balaban J connectivity index is 1.65. The lowest BCUT2D eigenvalue weighted by atomic mass is 9.99. The number of fused-ring (bicyclic) bond motifs is 1. The second-order valence-corrected chi connectivity index (χ2v) is 9.81. The molecule has 1 aliphatic carbocycles. The number of aryl methyl sites for hydroxylation is 1. The predicted molar refractivity (Wildman–Crippen MR) is 102 cm³/mol. The highest BCUT2D eigenvalue weighted by atomic mass is 32.2. The zero-order valence-corrected chi connectivity index (χ0v) is 16.5. The van der Waals surface area contributed by atoms with Crippen LogP contribution in [0.4, 0.5) is 0 Å². The quantitative estimate of drug-likeness (QED) is 0.871. The van der Waals surface area contributed by atoms with Crippen LogP contribution in [0.15, 0.2) is 34.5 Å². The Morgan fingerprint density at radius 3 is 2.77 bits per heavy atom. The van der Waals surface area contributed by atoms with Crippen molar-refractivity contribution >= 4 is 27.3 Å². The number of carbonyl (C=O) groups excluding carboxylic acids is 1. The van der Waals surface area contributed by atoms with Crippen LogP contribution in [0.25, 0.3) is 0 Å². The van der Waals surface area contributed by atoms with Crippen LogP contribution in [0.3, 0.4) is 0 Å². The molecule has 5 nitrogen and oxygen atoms in total. The van der Waals surface area contributed by atoms with Gasteiger partial charge >= 0.3 is 0 Å². The van der Waals surface area contributed by atoms with Crippen molar-refractivity contribution < 1.29 is 13.2 Å². The van der Waals surface area contributed by atoms with Gasteiger partial charge in [0, 0.05) is 23.0 Å². The largest absolute Gasteiger partial charge is 0.331 e. The molecule has 1 amide bonds. The lowest BCUT2D eigenvalue weighted by Gasteiger charge is -2.34. The summed E-state index contributed by atoms with van der Waals surface area (Å²) in [6.07, 6.45) is 2.61. The lowest BCUT2D eigenvalue weighted by Crippen LogP contribution is -2.38. The average Bonchev–Trinajstić information content (AvgIpc) is 3.26. The maximum absolute atomic E-state index is 13.2. The first-order valence-electron chi connectivity index (χ1n) is 8.87. The Hall–Kier alpha value is -1.70. The number of nitrogens with one attached hydrogen (secondary N) is 1. The van der Waals surface area contributed by atoms with Crippen LogP contribution in [-0.2, 0) is 16.4 Å². The third kappa shape index (κ3) is 3.19. The summed E-state index contributed by atoms with van der Waals surface area (Å²) < 4.78 is 27.7. The van der Waals surface area contributed by atoms with E-state index in [0.717, 1.165) is 24.8 Å². The van der Waals surface area contributed by atoms with Crippen molar-refractivity contribution in [3.63, 3.8) is 0 Å². The molecular formula is C19H22N2O3S2. The molecule has 1 fully saturated rings. The van der Waals surface area contributed by atoms with Crippen molar-refractivity contribution in [3.05, 3.63) is 51.2 Å². The molecule has 1 aromatic heterocycles. The van der Waals surface area contributed by atoms with Crippen LogP contribution < -0.4 is 4.72 Å². The standard InChI is InChI=1S/C19H22N2O3S2/c1-12-3-6-15(26(23,24)20-14-4-5-14)11-17(12)19(22)21-9-7-18-16(13(21)2)8-10-25-18/h3,6,8,10-11,13-14,20H,4-5,7,9H2,1-2H3/t13-/m1/s1.